The predicted octanol–water partition coefficient (Wildman–Crippen LogP) is 1.52. The van der Waals surface area contributed by atoms with Crippen LogP contribution in [0.2, 0.25) is 0 Å². The van der Waals surface area contributed by atoms with E-state index in [9.17, 15) is 4.79 Å². The van der Waals surface area contributed by atoms with Crippen LogP contribution >= 0.6 is 0 Å². The van der Waals surface area contributed by atoms with Gasteiger partial charge in [0.2, 0.25) is 0 Å². The zero-order chi connectivity index (χ0) is 16.9. The molecule has 0 bridgehead atoms. The molecule has 3 rings (SSSR count). The van der Waals surface area contributed by atoms with E-state index < -0.39 is 0 Å². The van der Waals surface area contributed by atoms with Gasteiger partial charge in [0.1, 0.15) is 12.1 Å². The summed E-state index contributed by atoms with van der Waals surface area (Å²) < 4.78 is 5.15. The minimum Gasteiger partial charge on any atom is -0.383 e. The number of methoxy groups -OCH3 is 1. The average molecular weight is 327 g/mol. The molecule has 2 aromatic rings. The van der Waals surface area contributed by atoms with Crippen LogP contribution in [0.15, 0.2) is 30.9 Å². The fraction of sp³-hybridized carbons (Fsp3) is 0.412. The van der Waals surface area contributed by atoms with Gasteiger partial charge in [0.05, 0.1) is 24.4 Å². The van der Waals surface area contributed by atoms with Gasteiger partial charge in [0.25, 0.3) is 5.91 Å². The third-order valence-electron chi connectivity index (χ3n) is 4.00. The number of fused-ring (bicyclic) bond motifs is 1. The second-order valence-electron chi connectivity index (χ2n) is 5.87. The number of nitrogens with zero attached hydrogens (tertiary/aromatic N) is 4. The van der Waals surface area contributed by atoms with E-state index >= 15 is 0 Å². The SMILES string of the molecule is COCC(C)Nc1ncnc2c1CCN(C(=O)c1cccnc1)C2. The average Bonchev–Trinajstić information content (AvgIpc) is 2.62. The van der Waals surface area contributed by atoms with Crippen molar-refractivity contribution in [1.29, 1.82) is 0 Å². The summed E-state index contributed by atoms with van der Waals surface area (Å²) in [7, 11) is 1.68. The molecule has 1 unspecified atom stereocenters. The second-order valence-corrected chi connectivity index (χ2v) is 5.87. The molecule has 7 nitrogen and oxygen atoms in total. The number of rotatable bonds is 5. The van der Waals surface area contributed by atoms with E-state index in [1.807, 2.05) is 6.92 Å². The summed E-state index contributed by atoms with van der Waals surface area (Å²) >= 11 is 0. The maximum atomic E-state index is 12.6. The number of hydrogen-bond donors (Lipinski definition) is 1. The fourth-order valence-electron chi connectivity index (χ4n) is 2.85. The van der Waals surface area contributed by atoms with Gasteiger partial charge in [-0.3, -0.25) is 9.78 Å². The summed E-state index contributed by atoms with van der Waals surface area (Å²) in [6, 6.07) is 3.71. The zero-order valence-electron chi connectivity index (χ0n) is 13.9. The highest BCUT2D eigenvalue weighted by Gasteiger charge is 2.25. The Kier molecular flexibility index (Phi) is 5.00. The number of hydrogen-bond acceptors (Lipinski definition) is 6. The molecule has 1 aliphatic rings. The van der Waals surface area contributed by atoms with Crippen molar-refractivity contribution in [3.63, 3.8) is 0 Å². The summed E-state index contributed by atoms with van der Waals surface area (Å²) in [5.41, 5.74) is 2.57. The van der Waals surface area contributed by atoms with Crippen LogP contribution in [0.1, 0.15) is 28.5 Å². The largest absolute Gasteiger partial charge is 0.383 e. The minimum atomic E-state index is -0.0189. The summed E-state index contributed by atoms with van der Waals surface area (Å²) in [4.78, 5) is 27.1. The lowest BCUT2D eigenvalue weighted by molar-refractivity contribution is 0.0731. The quantitative estimate of drug-likeness (QED) is 0.897. The molecule has 126 valence electrons. The Morgan fingerprint density at radius 3 is 3.08 bits per heavy atom. The lowest BCUT2D eigenvalue weighted by Gasteiger charge is -2.29. The van der Waals surface area contributed by atoms with Crippen LogP contribution in [0.5, 0.6) is 0 Å². The molecule has 24 heavy (non-hydrogen) atoms. The smallest absolute Gasteiger partial charge is 0.255 e. The number of amides is 1. The van der Waals surface area contributed by atoms with E-state index in [0.29, 0.717) is 25.3 Å². The van der Waals surface area contributed by atoms with E-state index in [-0.39, 0.29) is 11.9 Å². The molecule has 0 fully saturated rings. The van der Waals surface area contributed by atoms with E-state index in [2.05, 4.69) is 20.3 Å². The first-order chi connectivity index (χ1) is 11.7. The lowest BCUT2D eigenvalue weighted by atomic mass is 10.0. The first-order valence-electron chi connectivity index (χ1n) is 7.96. The Morgan fingerprint density at radius 2 is 2.33 bits per heavy atom. The molecule has 3 heterocycles. The molecular weight excluding hydrogens is 306 g/mol. The van der Waals surface area contributed by atoms with E-state index in [0.717, 1.165) is 23.5 Å². The van der Waals surface area contributed by atoms with E-state index in [1.54, 1.807) is 42.9 Å². The number of nitrogens with one attached hydrogen (secondary N) is 1. The molecule has 1 N–H and O–H groups in total. The Bertz CT molecular complexity index is 707. The van der Waals surface area contributed by atoms with Gasteiger partial charge in [0, 0.05) is 37.7 Å². The molecule has 1 amide bonds. The van der Waals surface area contributed by atoms with E-state index in [1.165, 1.54) is 0 Å². The molecule has 0 radical (unpaired) electrons. The Hall–Kier alpha value is -2.54. The van der Waals surface area contributed by atoms with Crippen molar-refractivity contribution in [1.82, 2.24) is 19.9 Å². The second kappa shape index (κ2) is 7.35. The molecule has 1 atom stereocenters. The van der Waals surface area contributed by atoms with Crippen molar-refractivity contribution in [2.45, 2.75) is 25.9 Å². The summed E-state index contributed by atoms with van der Waals surface area (Å²) in [5.74, 6) is 0.813. The Balaban J connectivity index is 1.76. The number of anilines is 1. The molecule has 0 aromatic carbocycles. The molecule has 1 aliphatic heterocycles. The van der Waals surface area contributed by atoms with E-state index in [4.69, 9.17) is 4.74 Å². The maximum Gasteiger partial charge on any atom is 0.255 e. The molecule has 0 aliphatic carbocycles. The molecular formula is C17H21N5O2. The van der Waals surface area contributed by atoms with Crippen molar-refractivity contribution >= 4 is 11.7 Å². The van der Waals surface area contributed by atoms with Crippen molar-refractivity contribution in [2.24, 2.45) is 0 Å². The van der Waals surface area contributed by atoms with Crippen LogP contribution in [-0.4, -0.2) is 52.1 Å². The van der Waals surface area contributed by atoms with Gasteiger partial charge >= 0.3 is 0 Å². The summed E-state index contributed by atoms with van der Waals surface area (Å²) in [6.07, 6.45) is 5.52. The zero-order valence-corrected chi connectivity index (χ0v) is 13.9. The van der Waals surface area contributed by atoms with Crippen molar-refractivity contribution in [2.75, 3.05) is 25.6 Å². The van der Waals surface area contributed by atoms with Gasteiger partial charge in [-0.05, 0) is 25.5 Å². The maximum absolute atomic E-state index is 12.6. The van der Waals surface area contributed by atoms with Crippen LogP contribution < -0.4 is 5.32 Å². The van der Waals surface area contributed by atoms with Crippen molar-refractivity contribution in [3.05, 3.63) is 47.7 Å². The van der Waals surface area contributed by atoms with Crippen molar-refractivity contribution in [3.8, 4) is 0 Å². The summed E-state index contributed by atoms with van der Waals surface area (Å²) in [6.45, 7) is 3.77. The highest BCUT2D eigenvalue weighted by molar-refractivity contribution is 5.94. The van der Waals surface area contributed by atoms with Gasteiger partial charge in [-0.1, -0.05) is 0 Å². The standard InChI is InChI=1S/C17H21N5O2/c1-12(10-24-2)21-16-14-5-7-22(9-15(14)19-11-20-16)17(23)13-4-3-6-18-8-13/h3-4,6,8,11-12H,5,7,9-10H2,1-2H3,(H,19,20,21). The number of aromatic nitrogens is 3. The molecule has 0 spiro atoms. The molecule has 0 saturated carbocycles. The fourth-order valence-corrected chi connectivity index (χ4v) is 2.85. The monoisotopic (exact) mass is 327 g/mol. The van der Waals surface area contributed by atoms with Crippen LogP contribution in [-0.2, 0) is 17.7 Å². The molecule has 7 heteroatoms. The van der Waals surface area contributed by atoms with Crippen LogP contribution in [0, 0.1) is 0 Å². The molecule has 0 saturated heterocycles. The number of pyridine rings is 1. The highest BCUT2D eigenvalue weighted by atomic mass is 16.5. The van der Waals surface area contributed by atoms with Gasteiger partial charge < -0.3 is 15.0 Å². The van der Waals surface area contributed by atoms with Crippen molar-refractivity contribution < 1.29 is 9.53 Å². The number of carbonyl (C=O) groups is 1. The van der Waals surface area contributed by atoms with Crippen LogP contribution in [0.25, 0.3) is 0 Å². The van der Waals surface area contributed by atoms with Gasteiger partial charge in [-0.15, -0.1) is 0 Å². The normalized spacial score (nSPS) is 14.8. The highest BCUT2D eigenvalue weighted by Crippen LogP contribution is 2.24. The third-order valence-corrected chi connectivity index (χ3v) is 4.00. The predicted molar refractivity (Wildman–Crippen MR) is 89.7 cm³/mol. The van der Waals surface area contributed by atoms with Gasteiger partial charge in [0.15, 0.2) is 0 Å². The minimum absolute atomic E-state index is 0.0189. The first kappa shape index (κ1) is 16.3. The van der Waals surface area contributed by atoms with Gasteiger partial charge in [-0.25, -0.2) is 9.97 Å². The Labute approximate surface area is 141 Å². The molecule has 2 aromatic heterocycles. The third kappa shape index (κ3) is 3.51. The van der Waals surface area contributed by atoms with Gasteiger partial charge in [-0.2, -0.15) is 0 Å². The topological polar surface area (TPSA) is 80.2 Å². The number of carbonyl (C=O) groups excluding carboxylic acids is 1. The summed E-state index contributed by atoms with van der Waals surface area (Å²) in [5, 5.41) is 3.36. The first-order valence-corrected chi connectivity index (χ1v) is 7.96. The van der Waals surface area contributed by atoms with Crippen LogP contribution in [0.4, 0.5) is 5.82 Å². The number of ether oxygens (including phenoxy) is 1. The Morgan fingerprint density at radius 1 is 1.46 bits per heavy atom. The van der Waals surface area contributed by atoms with Crippen LogP contribution in [0.3, 0.4) is 0 Å². The lowest BCUT2D eigenvalue weighted by Crippen LogP contribution is -2.37.